The number of likely N-dealkylation sites (N-methyl/N-ethyl adjacent to an activating group) is 2. The maximum Gasteiger partial charge on any atom is 0.410 e. The number of likely N-dealkylation sites (tertiary alicyclic amines) is 1. The third-order valence-electron chi connectivity index (χ3n) is 26.2. The molecule has 5 rings (SSSR count). The smallest absolute Gasteiger partial charge is 0.410 e. The Hall–Kier alpha value is -9.59. The van der Waals surface area contributed by atoms with Crippen LogP contribution < -0.4 is 37.6 Å². The van der Waals surface area contributed by atoms with Gasteiger partial charge in [0.05, 0.1) is 198 Å². The van der Waals surface area contributed by atoms with Gasteiger partial charge in [0.15, 0.2) is 0 Å². The van der Waals surface area contributed by atoms with Crippen LogP contribution in [0.1, 0.15) is 162 Å². The van der Waals surface area contributed by atoms with Gasteiger partial charge in [-0.1, -0.05) is 123 Å². The van der Waals surface area contributed by atoms with Crippen LogP contribution >= 0.6 is 0 Å². The highest BCUT2D eigenvalue weighted by atomic mass is 16.6. The molecule has 2 aliphatic rings. The van der Waals surface area contributed by atoms with Gasteiger partial charge in [-0.05, 0) is 92.4 Å². The molecule has 1 unspecified atom stereocenters. The number of anilines is 1. The van der Waals surface area contributed by atoms with Crippen molar-refractivity contribution in [3.8, 4) is 0 Å². The number of nitrogens with zero attached hydrogens (tertiary/aromatic N) is 8. The minimum atomic E-state index is -1.92. The van der Waals surface area contributed by atoms with E-state index in [2.05, 4.69) is 42.2 Å². The topological polar surface area (TPSA) is 657 Å². The highest BCUT2D eigenvalue weighted by Gasteiger charge is 2.46. The van der Waals surface area contributed by atoms with Gasteiger partial charge in [-0.2, -0.15) is 0 Å². The number of rotatable bonds is 79. The van der Waals surface area contributed by atoms with E-state index < -0.39 is 219 Å². The Morgan fingerprint density at radius 3 is 1.57 bits per heavy atom. The van der Waals surface area contributed by atoms with E-state index in [0.717, 1.165) is 9.80 Å². The van der Waals surface area contributed by atoms with Crippen LogP contribution in [0.3, 0.4) is 0 Å². The number of aliphatic hydroxyl groups excluding tert-OH is 11. The summed E-state index contributed by atoms with van der Waals surface area (Å²) in [6.07, 6.45) is -12.3. The number of unbranched alkanes of at least 4 members (excludes halogenated alkanes) is 2. The Morgan fingerprint density at radius 2 is 1.07 bits per heavy atom. The zero-order valence-corrected chi connectivity index (χ0v) is 88.8. The Labute approximate surface area is 873 Å². The van der Waals surface area contributed by atoms with Crippen LogP contribution in [-0.4, -0.2) is 451 Å². The Morgan fingerprint density at radius 1 is 0.550 bits per heavy atom. The summed E-state index contributed by atoms with van der Waals surface area (Å²) in [7, 11) is 6.00. The molecule has 19 N–H and O–H groups in total. The number of methoxy groups -OCH3 is 2. The summed E-state index contributed by atoms with van der Waals surface area (Å²) in [6.45, 7) is 19.6. The lowest BCUT2D eigenvalue weighted by molar-refractivity contribution is -0.148. The normalized spacial score (nSPS) is 17.4. The lowest BCUT2D eigenvalue weighted by Crippen LogP contribution is -2.60. The van der Waals surface area contributed by atoms with Crippen molar-refractivity contribution in [1.29, 1.82) is 0 Å². The van der Waals surface area contributed by atoms with Gasteiger partial charge in [0.25, 0.3) is 11.8 Å². The highest BCUT2D eigenvalue weighted by molar-refractivity contribution is 6.12. The summed E-state index contributed by atoms with van der Waals surface area (Å²) < 4.78 is 65.4. The number of hydrogen-bond acceptors (Lipinski definition) is 36. The van der Waals surface area contributed by atoms with E-state index in [1.54, 1.807) is 121 Å². The maximum absolute atomic E-state index is 15.3. The molecule has 149 heavy (non-hydrogen) atoms. The molecule has 48 heteroatoms. The minimum absolute atomic E-state index is 0.00575. The number of amides is 12. The van der Waals surface area contributed by atoms with Crippen LogP contribution in [0, 0.1) is 29.6 Å². The van der Waals surface area contributed by atoms with Crippen LogP contribution in [-0.2, 0) is 108 Å². The number of ether oxygens (including phenoxy) is 11. The van der Waals surface area contributed by atoms with Crippen LogP contribution in [0.5, 0.6) is 0 Å². The van der Waals surface area contributed by atoms with E-state index in [1.807, 2.05) is 19.9 Å². The van der Waals surface area contributed by atoms with Crippen LogP contribution in [0.15, 0.2) is 72.9 Å². The first-order valence-electron chi connectivity index (χ1n) is 51.4. The molecule has 846 valence electrons. The van der Waals surface area contributed by atoms with Crippen molar-refractivity contribution in [2.45, 2.75) is 262 Å². The summed E-state index contributed by atoms with van der Waals surface area (Å²) in [4.78, 5) is 159. The molecule has 0 saturated carbocycles. The molecule has 1 fully saturated rings. The molecule has 3 heterocycles. The van der Waals surface area contributed by atoms with Gasteiger partial charge >= 0.3 is 12.1 Å². The monoisotopic (exact) mass is 2120 g/mol. The van der Waals surface area contributed by atoms with Crippen molar-refractivity contribution >= 4 is 71.0 Å². The van der Waals surface area contributed by atoms with Crippen molar-refractivity contribution < 1.29 is 161 Å². The molecule has 48 nitrogen and oxygen atoms in total. The second-order valence-corrected chi connectivity index (χ2v) is 38.4. The maximum atomic E-state index is 15.3. The molecule has 3 aromatic rings. The SMILES string of the molecule is CC[C@H](C)[C@@H]([C@H](CC(=O)N1CCC[C@H]1[C@H](OC)[C@@H](C)C(=O)N[C@@H](C)[C@H](O)c1ccccc1)OC)N(C)C(=O)[C@@H](NC(=O)[C@H](C(C)C)N(C)C(=O)OC(Cc1cnnn1CCOCCOCCOCCOCCOCCOCCOCCOCCN(C[C@H](O)[C@@H](O)[C@H](O)[C@H](O)CO)C[C@H](O)[C@@H](O)[C@H](O)[C@H](O)CO)c1ccc(NC(=O)[C@H](CCCNC(N)=O)NC(=O)[C@@H](NC(=O)CCCCCN2C(=O)C=CC2=O)C(C)C)cc1)C(C)C. The Balaban J connectivity index is 1.19. The largest absolute Gasteiger partial charge is 0.441 e. The number of nitrogens with two attached hydrogens (primary N) is 1. The molecular formula is C101H169N15O33. The summed E-state index contributed by atoms with van der Waals surface area (Å²) in [5, 5.41) is 136. The standard InChI is InChI=1S/C101H169N15O33/c1-15-66(8)88(80(139-13)57-84(126)114-37-23-27-74(114)94(140-14)67(9)95(132)105-68(10)89(127)70-24-18-16-19-25-70)111(11)99(136)86(64(4)5)109-98(135)87(65(6)7)112(12)101(138)149-79(69-29-31-71(32-30-69)106-96(133)73(26-22-35-103-100(102)137)107-97(134)85(63(2)3)108-81(123)28-20-17-21-36-115-82(124)33-34-83(115)125)56-72-58-104-110-116(72)39-41-142-43-45-144-47-49-146-51-53-148-55-54-147-52-50-145-48-46-143-44-42-141-40-38-113(59-75(119)90(128)92(130)77(121)61-117)60-76(120)91(129)93(131)78(122)62-118/h16,18-19,24-25,29-34,58,63-68,73-80,85-94,117-122,127-131H,15,17,20-23,26-28,35-57,59-62H2,1-14H3,(H,105,132)(H,106,133)(H,107,134)(H,108,123)(H,109,135)(H3,102,103,137)/t66-,67+,68-,73-,74-,75-,76-,77+,78+,79?,80-,85-,86-,87-,88-,89-,90+,91+,92+,93+,94+/m0/s1. The number of aromatic nitrogens is 3. The van der Waals surface area contributed by atoms with Crippen molar-refractivity contribution in [2.75, 3.05) is 192 Å². The molecule has 1 aromatic heterocycles. The van der Waals surface area contributed by atoms with Gasteiger partial charge in [0, 0.05) is 98.3 Å². The van der Waals surface area contributed by atoms with E-state index in [9.17, 15) is 84.3 Å². The van der Waals surface area contributed by atoms with Crippen molar-refractivity contribution in [2.24, 2.45) is 35.3 Å². The first kappa shape index (κ1) is 130. The fraction of sp³-hybridized carbons (Fsp3) is 0.733. The fourth-order valence-corrected chi connectivity index (χ4v) is 17.3. The average molecular weight is 2120 g/mol. The van der Waals surface area contributed by atoms with E-state index >= 15 is 14.4 Å². The zero-order chi connectivity index (χ0) is 110. The van der Waals surface area contributed by atoms with E-state index in [-0.39, 0.29) is 154 Å². The summed E-state index contributed by atoms with van der Waals surface area (Å²) in [5.41, 5.74) is 7.13. The number of imide groups is 1. The third kappa shape index (κ3) is 44.9. The Bertz CT molecular complexity index is 4370. The van der Waals surface area contributed by atoms with Crippen molar-refractivity contribution in [3.63, 3.8) is 0 Å². The lowest BCUT2D eigenvalue weighted by atomic mass is 9.89. The first-order valence-corrected chi connectivity index (χ1v) is 51.4. The average Bonchev–Trinajstić information content (AvgIpc) is 1.72. The fourth-order valence-electron chi connectivity index (χ4n) is 17.3. The molecule has 0 aliphatic carbocycles. The predicted octanol–water partition coefficient (Wildman–Crippen LogP) is -1.24. The van der Waals surface area contributed by atoms with Crippen molar-refractivity contribution in [3.05, 3.63) is 89.8 Å². The molecule has 1 saturated heterocycles. The molecule has 0 spiro atoms. The lowest BCUT2D eigenvalue weighted by Gasteiger charge is -2.41. The predicted molar refractivity (Wildman–Crippen MR) is 541 cm³/mol. The molecule has 12 amide bonds. The number of aliphatic hydroxyl groups is 11. The molecule has 2 aliphatic heterocycles. The number of nitrogens with one attached hydrogen (secondary N) is 6. The van der Waals surface area contributed by atoms with Crippen LogP contribution in [0.2, 0.25) is 0 Å². The van der Waals surface area contributed by atoms with Crippen LogP contribution in [0.4, 0.5) is 15.3 Å². The molecule has 0 radical (unpaired) electrons. The second kappa shape index (κ2) is 70.6. The number of carbonyl (C=O) groups excluding carboxylic acids is 11. The van der Waals surface area contributed by atoms with Crippen molar-refractivity contribution in [1.82, 2.24) is 66.1 Å². The molecule has 21 atom stereocenters. The van der Waals surface area contributed by atoms with E-state index in [1.165, 1.54) is 49.4 Å². The number of hydrogen-bond donors (Lipinski definition) is 18. The number of benzene rings is 2. The summed E-state index contributed by atoms with van der Waals surface area (Å²) in [5.74, 6) is -6.89. The number of primary amides is 1. The van der Waals surface area contributed by atoms with Crippen LogP contribution in [0.25, 0.3) is 0 Å². The van der Waals surface area contributed by atoms with Gasteiger partial charge in [-0.3, -0.25) is 57.9 Å². The molecule has 2 aromatic carbocycles. The summed E-state index contributed by atoms with van der Waals surface area (Å²) in [6, 6.07) is 7.96. The summed E-state index contributed by atoms with van der Waals surface area (Å²) >= 11 is 0. The molecule has 0 bridgehead atoms. The number of urea groups is 1. The Kier molecular flexibility index (Phi) is 61.5. The van der Waals surface area contributed by atoms with Gasteiger partial charge < -0.3 is 156 Å². The van der Waals surface area contributed by atoms with Gasteiger partial charge in [0.1, 0.15) is 66.9 Å². The van der Waals surface area contributed by atoms with E-state index in [0.29, 0.717) is 94.9 Å². The molecular weight excluding hydrogens is 1950 g/mol. The van der Waals surface area contributed by atoms with E-state index in [4.69, 9.17) is 68.1 Å². The van der Waals surface area contributed by atoms with Gasteiger partial charge in [-0.15, -0.1) is 5.10 Å². The highest BCUT2D eigenvalue weighted by Crippen LogP contribution is 2.33. The van der Waals surface area contributed by atoms with Gasteiger partial charge in [0.2, 0.25) is 41.4 Å². The third-order valence-corrected chi connectivity index (χ3v) is 26.2. The number of carbonyl (C=O) groups is 11. The first-order chi connectivity index (χ1) is 71.1. The zero-order valence-electron chi connectivity index (χ0n) is 88.8. The quantitative estimate of drug-likeness (QED) is 0.0232. The minimum Gasteiger partial charge on any atom is -0.441 e. The van der Waals surface area contributed by atoms with Gasteiger partial charge in [-0.25, -0.2) is 14.3 Å². The second-order valence-electron chi connectivity index (χ2n) is 38.4.